The van der Waals surface area contributed by atoms with E-state index in [1.165, 1.54) is 0 Å². The van der Waals surface area contributed by atoms with Crippen molar-refractivity contribution in [2.45, 2.75) is 19.4 Å². The van der Waals surface area contributed by atoms with Crippen LogP contribution in [-0.4, -0.2) is 33.9 Å². The molecule has 5 nitrogen and oxygen atoms in total. The van der Waals surface area contributed by atoms with Crippen molar-refractivity contribution < 1.29 is 19.5 Å². The molecule has 0 aliphatic carbocycles. The molecule has 0 aromatic heterocycles. The normalized spacial score (nSPS) is 11.6. The Morgan fingerprint density at radius 3 is 2.47 bits per heavy atom. The summed E-state index contributed by atoms with van der Waals surface area (Å²) in [6.07, 6.45) is 0.196. The van der Waals surface area contributed by atoms with Crippen molar-refractivity contribution in [1.82, 2.24) is 5.32 Å². The number of thioether (sulfide) groups is 1. The number of hydrogen-bond donors (Lipinski definition) is 2. The number of aliphatic carboxylic acids is 1. The molecule has 102 valence electrons. The first kappa shape index (κ1) is 15.2. The number of carbonyl (C=O) groups is 3. The van der Waals surface area contributed by atoms with Crippen LogP contribution in [0.4, 0.5) is 0 Å². The van der Waals surface area contributed by atoms with Crippen LogP contribution in [-0.2, 0) is 20.8 Å². The van der Waals surface area contributed by atoms with Crippen molar-refractivity contribution in [2.24, 2.45) is 0 Å². The third-order valence-electron chi connectivity index (χ3n) is 2.28. The first-order valence-electron chi connectivity index (χ1n) is 5.70. The molecule has 0 spiro atoms. The summed E-state index contributed by atoms with van der Waals surface area (Å²) >= 11 is 0.688. The molecule has 6 heteroatoms. The number of hydrogen-bond acceptors (Lipinski definition) is 4. The van der Waals surface area contributed by atoms with Crippen LogP contribution in [0.5, 0.6) is 0 Å². The minimum atomic E-state index is -1.05. The van der Waals surface area contributed by atoms with E-state index < -0.39 is 12.0 Å². The number of carboxylic acids is 1. The topological polar surface area (TPSA) is 83.5 Å². The molecule has 19 heavy (non-hydrogen) atoms. The van der Waals surface area contributed by atoms with Gasteiger partial charge in [-0.25, -0.2) is 0 Å². The van der Waals surface area contributed by atoms with Crippen molar-refractivity contribution in [3.8, 4) is 0 Å². The van der Waals surface area contributed by atoms with Gasteiger partial charge in [0.1, 0.15) is 0 Å². The molecule has 0 aliphatic heterocycles. The molecule has 0 radical (unpaired) electrons. The Balaban J connectivity index is 2.39. The van der Waals surface area contributed by atoms with Crippen LogP contribution >= 0.6 is 11.8 Å². The van der Waals surface area contributed by atoms with Crippen LogP contribution < -0.4 is 5.32 Å². The van der Waals surface area contributed by atoms with Gasteiger partial charge in [-0.2, -0.15) is 0 Å². The lowest BCUT2D eigenvalue weighted by molar-refractivity contribution is -0.134. The quantitative estimate of drug-likeness (QED) is 0.815. The van der Waals surface area contributed by atoms with E-state index in [0.717, 1.165) is 5.56 Å². The van der Waals surface area contributed by atoms with E-state index >= 15 is 0 Å². The molecule has 1 aromatic carbocycles. The molecule has 0 unspecified atom stereocenters. The third-order valence-corrected chi connectivity index (χ3v) is 3.31. The summed E-state index contributed by atoms with van der Waals surface area (Å²) in [5, 5.41) is 10.7. The van der Waals surface area contributed by atoms with Crippen LogP contribution in [0.1, 0.15) is 12.5 Å². The fourth-order valence-corrected chi connectivity index (χ4v) is 1.97. The average molecular weight is 281 g/mol. The van der Waals surface area contributed by atoms with Crippen molar-refractivity contribution in [2.75, 3.05) is 5.75 Å². The summed E-state index contributed by atoms with van der Waals surface area (Å²) in [6.45, 7) is 1.54. The zero-order valence-corrected chi connectivity index (χ0v) is 11.3. The molecule has 1 aromatic rings. The molecular formula is C13H15NO4S. The maximum atomic E-state index is 11.7. The SMILES string of the molecule is C[C@H](NC(=O)Cc1ccccc1)C(=O)SCC(=O)O. The number of benzene rings is 1. The number of carboxylic acid groups (broad SMARTS) is 1. The minimum Gasteiger partial charge on any atom is -0.481 e. The van der Waals surface area contributed by atoms with E-state index in [9.17, 15) is 14.4 Å². The lowest BCUT2D eigenvalue weighted by Gasteiger charge is -2.11. The molecule has 0 saturated carbocycles. The molecule has 1 atom stereocenters. The van der Waals surface area contributed by atoms with Crippen LogP contribution in [0, 0.1) is 0 Å². The highest BCUT2D eigenvalue weighted by molar-refractivity contribution is 8.14. The molecule has 0 fully saturated rings. The zero-order valence-electron chi connectivity index (χ0n) is 10.5. The van der Waals surface area contributed by atoms with Gasteiger partial charge in [0, 0.05) is 0 Å². The highest BCUT2D eigenvalue weighted by Crippen LogP contribution is 2.06. The minimum absolute atomic E-state index is 0.196. The van der Waals surface area contributed by atoms with E-state index in [2.05, 4.69) is 5.32 Å². The zero-order chi connectivity index (χ0) is 14.3. The second kappa shape index (κ2) is 7.58. The van der Waals surface area contributed by atoms with Gasteiger partial charge in [-0.15, -0.1) is 0 Å². The van der Waals surface area contributed by atoms with E-state index in [1.807, 2.05) is 30.3 Å². The Bertz CT molecular complexity index is 461. The highest BCUT2D eigenvalue weighted by atomic mass is 32.2. The molecule has 0 aliphatic rings. The predicted octanol–water partition coefficient (Wildman–Crippen LogP) is 1.08. The monoisotopic (exact) mass is 281 g/mol. The van der Waals surface area contributed by atoms with Crippen LogP contribution in [0.25, 0.3) is 0 Å². The molecule has 1 amide bonds. The average Bonchev–Trinajstić information content (AvgIpc) is 2.36. The summed E-state index contributed by atoms with van der Waals surface area (Å²) in [4.78, 5) is 33.5. The van der Waals surface area contributed by atoms with Gasteiger partial charge in [0.15, 0.2) is 0 Å². The van der Waals surface area contributed by atoms with E-state index in [-0.39, 0.29) is 23.2 Å². The second-order valence-corrected chi connectivity index (χ2v) is 4.93. The lowest BCUT2D eigenvalue weighted by Crippen LogP contribution is -2.38. The third kappa shape index (κ3) is 6.05. The summed E-state index contributed by atoms with van der Waals surface area (Å²) in [5.41, 5.74) is 0.859. The maximum Gasteiger partial charge on any atom is 0.313 e. The Hall–Kier alpha value is -1.82. The van der Waals surface area contributed by atoms with Gasteiger partial charge >= 0.3 is 5.97 Å². The lowest BCUT2D eigenvalue weighted by atomic mass is 10.1. The summed E-state index contributed by atoms with van der Waals surface area (Å²) in [6, 6.07) is 8.48. The van der Waals surface area contributed by atoms with Gasteiger partial charge in [-0.1, -0.05) is 42.1 Å². The van der Waals surface area contributed by atoms with Gasteiger partial charge in [-0.3, -0.25) is 14.4 Å². The van der Waals surface area contributed by atoms with Gasteiger partial charge in [0.05, 0.1) is 18.2 Å². The molecule has 0 heterocycles. The summed E-state index contributed by atoms with van der Waals surface area (Å²) in [5.74, 6) is -1.61. The highest BCUT2D eigenvalue weighted by Gasteiger charge is 2.17. The molecular weight excluding hydrogens is 266 g/mol. The molecule has 2 N–H and O–H groups in total. The maximum absolute atomic E-state index is 11.7. The largest absolute Gasteiger partial charge is 0.481 e. The van der Waals surface area contributed by atoms with E-state index in [0.29, 0.717) is 11.8 Å². The van der Waals surface area contributed by atoms with Crippen molar-refractivity contribution in [3.63, 3.8) is 0 Å². The van der Waals surface area contributed by atoms with Crippen LogP contribution in [0.15, 0.2) is 30.3 Å². The van der Waals surface area contributed by atoms with Crippen molar-refractivity contribution in [1.29, 1.82) is 0 Å². The summed E-state index contributed by atoms with van der Waals surface area (Å²) < 4.78 is 0. The van der Waals surface area contributed by atoms with Crippen LogP contribution in [0.2, 0.25) is 0 Å². The number of nitrogens with one attached hydrogen (secondary N) is 1. The van der Waals surface area contributed by atoms with Crippen molar-refractivity contribution >= 4 is 28.8 Å². The number of carbonyl (C=O) groups excluding carboxylic acids is 2. The van der Waals surface area contributed by atoms with E-state index in [4.69, 9.17) is 5.11 Å². The van der Waals surface area contributed by atoms with Gasteiger partial charge in [0.2, 0.25) is 11.0 Å². The van der Waals surface area contributed by atoms with Gasteiger partial charge in [0.25, 0.3) is 0 Å². The molecule has 0 bridgehead atoms. The number of rotatable bonds is 6. The Kier molecular flexibility index (Phi) is 6.08. The van der Waals surface area contributed by atoms with Gasteiger partial charge < -0.3 is 10.4 Å². The predicted molar refractivity (Wildman–Crippen MR) is 72.9 cm³/mol. The first-order chi connectivity index (χ1) is 8.99. The number of amides is 1. The Morgan fingerprint density at radius 2 is 1.89 bits per heavy atom. The second-order valence-electron chi connectivity index (χ2n) is 3.95. The van der Waals surface area contributed by atoms with E-state index in [1.54, 1.807) is 6.92 Å². The Morgan fingerprint density at radius 1 is 1.26 bits per heavy atom. The summed E-state index contributed by atoms with van der Waals surface area (Å²) in [7, 11) is 0. The standard InChI is InChI=1S/C13H15NO4S/c1-9(13(18)19-8-12(16)17)14-11(15)7-10-5-3-2-4-6-10/h2-6,9H,7-8H2,1H3,(H,14,15)(H,16,17)/t9-/m0/s1. The van der Waals surface area contributed by atoms with Gasteiger partial charge in [-0.05, 0) is 12.5 Å². The molecule has 0 saturated heterocycles. The molecule has 1 rings (SSSR count). The fraction of sp³-hybridized carbons (Fsp3) is 0.308. The van der Waals surface area contributed by atoms with Crippen molar-refractivity contribution in [3.05, 3.63) is 35.9 Å². The fourth-order valence-electron chi connectivity index (χ4n) is 1.39. The van der Waals surface area contributed by atoms with Crippen LogP contribution in [0.3, 0.4) is 0 Å². The Labute approximate surface area is 115 Å². The first-order valence-corrected chi connectivity index (χ1v) is 6.69. The smallest absolute Gasteiger partial charge is 0.313 e.